The first-order chi connectivity index (χ1) is 7.60. The quantitative estimate of drug-likeness (QED) is 0.728. The van der Waals surface area contributed by atoms with Gasteiger partial charge in [0.25, 0.3) is 5.91 Å². The molecule has 0 saturated heterocycles. The number of carbonyl (C=O) groups excluding carboxylic acids is 1. The van der Waals surface area contributed by atoms with Crippen molar-refractivity contribution < 1.29 is 14.3 Å². The first-order valence-electron chi connectivity index (χ1n) is 4.93. The average Bonchev–Trinajstić information content (AvgIpc) is 2.66. The van der Waals surface area contributed by atoms with Crippen molar-refractivity contribution >= 4 is 5.91 Å². The van der Waals surface area contributed by atoms with Crippen LogP contribution < -0.4 is 5.32 Å². The fourth-order valence-electron chi connectivity index (χ4n) is 1.43. The Morgan fingerprint density at radius 1 is 1.50 bits per heavy atom. The molecule has 1 N–H and O–H groups in total. The summed E-state index contributed by atoms with van der Waals surface area (Å²) in [4.78, 5) is 15.7. The van der Waals surface area contributed by atoms with Gasteiger partial charge in [0, 0.05) is 21.3 Å². The van der Waals surface area contributed by atoms with Gasteiger partial charge in [-0.1, -0.05) is 0 Å². The lowest BCUT2D eigenvalue weighted by molar-refractivity contribution is -0.117. The zero-order valence-electron chi connectivity index (χ0n) is 9.93. The molecule has 0 saturated carbocycles. The summed E-state index contributed by atoms with van der Waals surface area (Å²) in [6.07, 6.45) is 2.62. The van der Waals surface area contributed by atoms with Crippen LogP contribution in [0.5, 0.6) is 0 Å². The number of nitrogens with one attached hydrogen (secondary N) is 1. The van der Waals surface area contributed by atoms with Crippen molar-refractivity contribution in [2.75, 3.05) is 14.2 Å². The van der Waals surface area contributed by atoms with E-state index in [0.717, 1.165) is 0 Å². The maximum Gasteiger partial charge on any atom is 0.269 e. The number of aromatic nitrogens is 2. The summed E-state index contributed by atoms with van der Waals surface area (Å²) in [5.74, 6) is -0.202. The molecule has 1 atom stereocenters. The third-order valence-corrected chi connectivity index (χ3v) is 2.28. The summed E-state index contributed by atoms with van der Waals surface area (Å²) >= 11 is 0. The zero-order valence-corrected chi connectivity index (χ0v) is 9.93. The predicted octanol–water partition coefficient (Wildman–Crippen LogP) is 0.157. The monoisotopic (exact) mass is 227 g/mol. The van der Waals surface area contributed by atoms with Crippen LogP contribution in [-0.4, -0.2) is 42.0 Å². The van der Waals surface area contributed by atoms with Crippen molar-refractivity contribution in [3.05, 3.63) is 18.2 Å². The van der Waals surface area contributed by atoms with Gasteiger partial charge in [-0.3, -0.25) is 4.79 Å². The lowest BCUT2D eigenvalue weighted by Crippen LogP contribution is -2.43. The number of rotatable bonds is 5. The van der Waals surface area contributed by atoms with Crippen molar-refractivity contribution in [3.8, 4) is 0 Å². The van der Waals surface area contributed by atoms with E-state index in [-0.39, 0.29) is 11.9 Å². The summed E-state index contributed by atoms with van der Waals surface area (Å²) < 4.78 is 11.8. The summed E-state index contributed by atoms with van der Waals surface area (Å²) in [7, 11) is 4.82. The molecular formula is C10H17N3O3. The maximum atomic E-state index is 11.8. The van der Waals surface area contributed by atoms with E-state index in [0.29, 0.717) is 5.69 Å². The third kappa shape index (κ3) is 2.80. The Hall–Kier alpha value is -1.40. The van der Waals surface area contributed by atoms with E-state index in [1.807, 2.05) is 6.92 Å². The van der Waals surface area contributed by atoms with Gasteiger partial charge in [-0.25, -0.2) is 4.98 Å². The lowest BCUT2D eigenvalue weighted by Gasteiger charge is -2.21. The van der Waals surface area contributed by atoms with Crippen molar-refractivity contribution in [2.45, 2.75) is 19.3 Å². The molecule has 16 heavy (non-hydrogen) atoms. The summed E-state index contributed by atoms with van der Waals surface area (Å²) in [5.41, 5.74) is 0.498. The first kappa shape index (κ1) is 12.7. The number of imidazole rings is 1. The second-order valence-electron chi connectivity index (χ2n) is 3.49. The van der Waals surface area contributed by atoms with E-state index in [9.17, 15) is 4.79 Å². The summed E-state index contributed by atoms with van der Waals surface area (Å²) in [6.45, 7) is 1.81. The number of carbonyl (C=O) groups is 1. The molecule has 1 unspecified atom stereocenters. The summed E-state index contributed by atoms with van der Waals surface area (Å²) in [5, 5.41) is 2.78. The van der Waals surface area contributed by atoms with Gasteiger partial charge in [0.05, 0.1) is 18.6 Å². The van der Waals surface area contributed by atoms with Gasteiger partial charge in [-0.15, -0.1) is 0 Å². The fraction of sp³-hybridized carbons (Fsp3) is 0.600. The molecule has 1 rings (SSSR count). The summed E-state index contributed by atoms with van der Waals surface area (Å²) in [6, 6.07) is -0.239. The molecule has 0 spiro atoms. The number of amides is 1. The Balaban J connectivity index is 2.61. The lowest BCUT2D eigenvalue weighted by atomic mass is 10.3. The van der Waals surface area contributed by atoms with Crippen LogP contribution >= 0.6 is 0 Å². The SMILES string of the molecule is COC(OC)C(C)NC(=O)c1cncn1C. The Labute approximate surface area is 94.6 Å². The van der Waals surface area contributed by atoms with Crippen LogP contribution in [0.2, 0.25) is 0 Å². The molecule has 6 heteroatoms. The number of ether oxygens (including phenoxy) is 2. The number of methoxy groups -OCH3 is 2. The van der Waals surface area contributed by atoms with Crippen LogP contribution in [0.3, 0.4) is 0 Å². The van der Waals surface area contributed by atoms with E-state index in [1.54, 1.807) is 17.9 Å². The predicted molar refractivity (Wildman–Crippen MR) is 57.9 cm³/mol. The second kappa shape index (κ2) is 5.62. The Morgan fingerprint density at radius 3 is 2.56 bits per heavy atom. The highest BCUT2D eigenvalue weighted by Gasteiger charge is 2.19. The number of hydrogen-bond donors (Lipinski definition) is 1. The second-order valence-corrected chi connectivity index (χ2v) is 3.49. The van der Waals surface area contributed by atoms with E-state index < -0.39 is 6.29 Å². The van der Waals surface area contributed by atoms with Crippen molar-refractivity contribution in [2.24, 2.45) is 7.05 Å². The molecule has 0 aliphatic rings. The van der Waals surface area contributed by atoms with Gasteiger partial charge >= 0.3 is 0 Å². The molecule has 0 aromatic carbocycles. The average molecular weight is 227 g/mol. The Morgan fingerprint density at radius 2 is 2.12 bits per heavy atom. The van der Waals surface area contributed by atoms with Crippen LogP contribution in [0.25, 0.3) is 0 Å². The molecule has 0 radical (unpaired) electrons. The van der Waals surface area contributed by atoms with Crippen molar-refractivity contribution in [1.82, 2.24) is 14.9 Å². The molecule has 90 valence electrons. The third-order valence-electron chi connectivity index (χ3n) is 2.28. The van der Waals surface area contributed by atoms with Gasteiger partial charge in [0.1, 0.15) is 5.69 Å². The molecule has 1 aromatic heterocycles. The van der Waals surface area contributed by atoms with E-state index in [4.69, 9.17) is 9.47 Å². The standard InChI is InChI=1S/C10H17N3O3/c1-7(10(15-3)16-4)12-9(14)8-5-11-6-13(8)2/h5-7,10H,1-4H3,(H,12,14). The van der Waals surface area contributed by atoms with Gasteiger partial charge in [0.15, 0.2) is 6.29 Å². The highest BCUT2D eigenvalue weighted by molar-refractivity contribution is 5.92. The van der Waals surface area contributed by atoms with E-state index in [1.165, 1.54) is 20.4 Å². The Bertz CT molecular complexity index is 347. The van der Waals surface area contributed by atoms with Crippen LogP contribution in [-0.2, 0) is 16.5 Å². The van der Waals surface area contributed by atoms with Crippen molar-refractivity contribution in [3.63, 3.8) is 0 Å². The van der Waals surface area contributed by atoms with Gasteiger partial charge in [0.2, 0.25) is 0 Å². The Kier molecular flexibility index (Phi) is 4.45. The van der Waals surface area contributed by atoms with Gasteiger partial charge in [-0.2, -0.15) is 0 Å². The number of aryl methyl sites for hydroxylation is 1. The fourth-order valence-corrected chi connectivity index (χ4v) is 1.43. The van der Waals surface area contributed by atoms with Crippen LogP contribution in [0.15, 0.2) is 12.5 Å². The molecule has 1 aromatic rings. The maximum absolute atomic E-state index is 11.8. The molecule has 1 heterocycles. The minimum absolute atomic E-state index is 0.202. The molecule has 0 aliphatic heterocycles. The largest absolute Gasteiger partial charge is 0.354 e. The molecule has 0 aliphatic carbocycles. The minimum Gasteiger partial charge on any atom is -0.354 e. The van der Waals surface area contributed by atoms with Gasteiger partial charge in [-0.05, 0) is 6.92 Å². The smallest absolute Gasteiger partial charge is 0.269 e. The molecule has 0 fully saturated rings. The molecular weight excluding hydrogens is 210 g/mol. The minimum atomic E-state index is -0.461. The zero-order chi connectivity index (χ0) is 12.1. The van der Waals surface area contributed by atoms with Crippen molar-refractivity contribution in [1.29, 1.82) is 0 Å². The van der Waals surface area contributed by atoms with Crippen LogP contribution in [0.1, 0.15) is 17.4 Å². The molecule has 1 amide bonds. The number of hydrogen-bond acceptors (Lipinski definition) is 4. The van der Waals surface area contributed by atoms with Crippen LogP contribution in [0.4, 0.5) is 0 Å². The van der Waals surface area contributed by atoms with Crippen LogP contribution in [0, 0.1) is 0 Å². The highest BCUT2D eigenvalue weighted by Crippen LogP contribution is 2.01. The molecule has 0 bridgehead atoms. The van der Waals surface area contributed by atoms with E-state index in [2.05, 4.69) is 10.3 Å². The topological polar surface area (TPSA) is 65.4 Å². The normalized spacial score (nSPS) is 12.8. The highest BCUT2D eigenvalue weighted by atomic mass is 16.7. The van der Waals surface area contributed by atoms with E-state index >= 15 is 0 Å². The first-order valence-corrected chi connectivity index (χ1v) is 4.93. The number of nitrogens with zero attached hydrogens (tertiary/aromatic N) is 2. The molecule has 6 nitrogen and oxygen atoms in total. The van der Waals surface area contributed by atoms with Gasteiger partial charge < -0.3 is 19.4 Å².